The molecule has 2 spiro atoms. The summed E-state index contributed by atoms with van der Waals surface area (Å²) in [5.74, 6) is 3.75. The van der Waals surface area contributed by atoms with Gasteiger partial charge in [-0.05, 0) is 97.3 Å². The van der Waals surface area contributed by atoms with Crippen LogP contribution < -0.4 is 14.8 Å². The molecule has 3 aromatic carbocycles. The number of carbonyl (C=O) groups excluding carboxylic acids is 1. The molecule has 8 nitrogen and oxygen atoms in total. The van der Waals surface area contributed by atoms with Crippen molar-refractivity contribution in [2.75, 3.05) is 27.3 Å². The van der Waals surface area contributed by atoms with Crippen LogP contribution in [0.1, 0.15) is 51.0 Å². The number of nitrogens with one attached hydrogen (secondary N) is 1. The Morgan fingerprint density at radius 3 is 2.24 bits per heavy atom. The summed E-state index contributed by atoms with van der Waals surface area (Å²) in [6, 6.07) is 18.2. The lowest BCUT2D eigenvalue weighted by molar-refractivity contribution is 0.0469. The SMILES string of the molecule is COC1=CC=C2[C@H]3Cc4ccc(C)c5c4[C@@]2(CCN3C(=O)c2ccccc2)[C@H]1O5.COC1=CC=C2[C@H]3Cc4ccc(O)c5c4[C@@]2(CCN3)[C@H]1O5. The van der Waals surface area contributed by atoms with Gasteiger partial charge in [0.2, 0.25) is 0 Å². The van der Waals surface area contributed by atoms with Crippen LogP contribution in [0.4, 0.5) is 0 Å². The predicted octanol–water partition coefficient (Wildman–Crippen LogP) is 5.71. The summed E-state index contributed by atoms with van der Waals surface area (Å²) in [5.41, 5.74) is 9.36. The fourth-order valence-electron chi connectivity index (χ4n) is 10.6. The summed E-state index contributed by atoms with van der Waals surface area (Å²) in [6.07, 6.45) is 11.8. The van der Waals surface area contributed by atoms with Crippen molar-refractivity contribution in [3.63, 3.8) is 0 Å². The van der Waals surface area contributed by atoms with Gasteiger partial charge in [-0.15, -0.1) is 0 Å². The monoisotopic (exact) mass is 668 g/mol. The zero-order chi connectivity index (χ0) is 33.9. The Morgan fingerprint density at radius 2 is 1.48 bits per heavy atom. The van der Waals surface area contributed by atoms with E-state index < -0.39 is 0 Å². The lowest BCUT2D eigenvalue weighted by atomic mass is 9.57. The molecule has 2 N–H and O–H groups in total. The van der Waals surface area contributed by atoms with Crippen LogP contribution in [-0.2, 0) is 33.1 Å². The number of amides is 1. The number of hydrogen-bond acceptors (Lipinski definition) is 7. The molecule has 4 aliphatic heterocycles. The zero-order valence-electron chi connectivity index (χ0n) is 28.5. The van der Waals surface area contributed by atoms with E-state index in [-0.39, 0.29) is 40.7 Å². The molecule has 0 radical (unpaired) electrons. The molecule has 254 valence electrons. The number of phenolic OH excluding ortho intramolecular Hbond substituents is 1. The molecule has 0 saturated carbocycles. The molecule has 50 heavy (non-hydrogen) atoms. The van der Waals surface area contributed by atoms with E-state index in [4.69, 9.17) is 18.9 Å². The number of methoxy groups -OCH3 is 2. The maximum Gasteiger partial charge on any atom is 0.254 e. The summed E-state index contributed by atoms with van der Waals surface area (Å²) < 4.78 is 24.1. The minimum atomic E-state index is -0.215. The summed E-state index contributed by atoms with van der Waals surface area (Å²) in [7, 11) is 3.41. The fraction of sp³-hybridized carbons (Fsp3) is 0.357. The van der Waals surface area contributed by atoms with Gasteiger partial charge in [-0.1, -0.05) is 48.6 Å². The van der Waals surface area contributed by atoms with Gasteiger partial charge >= 0.3 is 0 Å². The van der Waals surface area contributed by atoms with Crippen LogP contribution in [0, 0.1) is 6.92 Å². The Labute approximate surface area is 291 Å². The summed E-state index contributed by atoms with van der Waals surface area (Å²) >= 11 is 0. The third kappa shape index (κ3) is 3.67. The first-order valence-corrected chi connectivity index (χ1v) is 17.7. The van der Waals surface area contributed by atoms with Gasteiger partial charge in [0, 0.05) is 29.3 Å². The molecule has 4 bridgehead atoms. The molecule has 0 unspecified atom stereocenters. The number of rotatable bonds is 3. The van der Waals surface area contributed by atoms with Crippen molar-refractivity contribution in [3.8, 4) is 17.2 Å². The Bertz CT molecular complexity index is 2120. The summed E-state index contributed by atoms with van der Waals surface area (Å²) in [6.45, 7) is 3.80. The van der Waals surface area contributed by atoms with E-state index in [9.17, 15) is 9.90 Å². The van der Waals surface area contributed by atoms with Crippen molar-refractivity contribution in [1.82, 2.24) is 10.2 Å². The van der Waals surface area contributed by atoms with Gasteiger partial charge in [0.05, 0.1) is 31.1 Å². The normalized spacial score (nSPS) is 30.8. The van der Waals surface area contributed by atoms with Crippen molar-refractivity contribution >= 4 is 5.91 Å². The molecule has 11 rings (SSSR count). The Morgan fingerprint density at radius 1 is 0.820 bits per heavy atom. The van der Waals surface area contributed by atoms with Gasteiger partial charge in [0.25, 0.3) is 5.91 Å². The van der Waals surface area contributed by atoms with Crippen molar-refractivity contribution in [1.29, 1.82) is 0 Å². The molecule has 6 atom stereocenters. The van der Waals surface area contributed by atoms with Crippen molar-refractivity contribution in [2.24, 2.45) is 0 Å². The van der Waals surface area contributed by atoms with Gasteiger partial charge in [-0.3, -0.25) is 4.79 Å². The smallest absolute Gasteiger partial charge is 0.254 e. The third-order valence-electron chi connectivity index (χ3n) is 12.7. The highest BCUT2D eigenvalue weighted by atomic mass is 16.5. The first-order valence-electron chi connectivity index (χ1n) is 17.7. The average molecular weight is 669 g/mol. The molecular weight excluding hydrogens is 628 g/mol. The molecule has 8 aliphatic rings. The minimum Gasteiger partial charge on any atom is -0.504 e. The van der Waals surface area contributed by atoms with E-state index in [1.165, 1.54) is 39.0 Å². The number of allylic oxidation sites excluding steroid dienone is 4. The van der Waals surface area contributed by atoms with Crippen LogP contribution in [0.15, 0.2) is 102 Å². The number of aryl methyl sites for hydroxylation is 1. The molecule has 4 heterocycles. The number of likely N-dealkylation sites (tertiary alicyclic amines) is 1. The number of carbonyl (C=O) groups is 1. The molecule has 2 saturated heterocycles. The van der Waals surface area contributed by atoms with Gasteiger partial charge in [-0.2, -0.15) is 0 Å². The maximum absolute atomic E-state index is 13.4. The second kappa shape index (κ2) is 10.5. The first kappa shape index (κ1) is 29.9. The highest BCUT2D eigenvalue weighted by Crippen LogP contribution is 2.63. The number of phenols is 1. The number of piperidine rings is 2. The van der Waals surface area contributed by atoms with Gasteiger partial charge in [0.15, 0.2) is 23.7 Å². The second-order valence-corrected chi connectivity index (χ2v) is 14.7. The lowest BCUT2D eigenvalue weighted by Gasteiger charge is -2.53. The van der Waals surface area contributed by atoms with E-state index in [1.54, 1.807) is 20.3 Å². The molecule has 4 aliphatic carbocycles. The highest BCUT2D eigenvalue weighted by Gasteiger charge is 2.63. The van der Waals surface area contributed by atoms with Gasteiger partial charge < -0.3 is 34.3 Å². The minimum absolute atomic E-state index is 0.0540. The number of nitrogens with zero attached hydrogens (tertiary/aromatic N) is 1. The molecule has 8 heteroatoms. The van der Waals surface area contributed by atoms with Crippen LogP contribution in [0.5, 0.6) is 17.2 Å². The van der Waals surface area contributed by atoms with E-state index in [1.807, 2.05) is 48.6 Å². The molecule has 3 aromatic rings. The number of aromatic hydroxyl groups is 1. The quantitative estimate of drug-likeness (QED) is 0.370. The number of ether oxygens (including phenoxy) is 4. The average Bonchev–Trinajstić information content (AvgIpc) is 3.68. The van der Waals surface area contributed by atoms with Crippen LogP contribution >= 0.6 is 0 Å². The zero-order valence-corrected chi connectivity index (χ0v) is 28.5. The van der Waals surface area contributed by atoms with Crippen LogP contribution in [0.3, 0.4) is 0 Å². The Balaban J connectivity index is 0.000000133. The molecule has 1 amide bonds. The third-order valence-corrected chi connectivity index (χ3v) is 12.7. The van der Waals surface area contributed by atoms with Crippen molar-refractivity contribution in [3.05, 3.63) is 135 Å². The van der Waals surface area contributed by atoms with Gasteiger partial charge in [0.1, 0.15) is 17.3 Å². The maximum atomic E-state index is 13.4. The second-order valence-electron chi connectivity index (χ2n) is 14.7. The Kier molecular flexibility index (Phi) is 6.30. The van der Waals surface area contributed by atoms with E-state index in [0.717, 1.165) is 61.6 Å². The van der Waals surface area contributed by atoms with Crippen molar-refractivity contribution in [2.45, 2.75) is 67.7 Å². The molecular formula is C42H40N2O6. The summed E-state index contributed by atoms with van der Waals surface area (Å²) in [4.78, 5) is 15.4. The van der Waals surface area contributed by atoms with E-state index in [0.29, 0.717) is 11.8 Å². The highest BCUT2D eigenvalue weighted by molar-refractivity contribution is 5.95. The topological polar surface area (TPSA) is 89.5 Å². The van der Waals surface area contributed by atoms with E-state index in [2.05, 4.69) is 41.4 Å². The lowest BCUT2D eigenvalue weighted by Crippen LogP contribution is -2.60. The fourth-order valence-corrected chi connectivity index (χ4v) is 10.6. The van der Waals surface area contributed by atoms with E-state index >= 15 is 0 Å². The van der Waals surface area contributed by atoms with Crippen molar-refractivity contribution < 1.29 is 28.8 Å². The predicted molar refractivity (Wildman–Crippen MR) is 188 cm³/mol. The van der Waals surface area contributed by atoms with Crippen LogP contribution in [0.2, 0.25) is 0 Å². The largest absolute Gasteiger partial charge is 0.504 e. The molecule has 2 fully saturated rings. The number of hydrogen-bond donors (Lipinski definition) is 2. The summed E-state index contributed by atoms with van der Waals surface area (Å²) in [5, 5.41) is 13.9. The number of benzene rings is 3. The van der Waals surface area contributed by atoms with Crippen LogP contribution in [0.25, 0.3) is 0 Å². The Hall–Kier alpha value is -4.95. The first-order chi connectivity index (χ1) is 24.4. The van der Waals surface area contributed by atoms with Gasteiger partial charge in [-0.25, -0.2) is 0 Å². The molecule has 0 aromatic heterocycles. The van der Waals surface area contributed by atoms with Crippen LogP contribution in [-0.4, -0.2) is 67.5 Å². The standard InChI is InChI=1S/C25H23NO3.C17H17NO3/c1-15-8-9-17-14-19-18-10-11-20(28-2)23-25(18,21(17)22(15)29-23)12-13-26(19)24(27)16-6-4-3-5-7-16;1-20-13-5-3-10-11-8-9-2-4-12(19)15-14(9)17(10,6-7-18-11)16(13)21-15/h3-11,19,23H,12-14H2,1-2H3;2-5,11,16,18-19H,6-8H2,1H3/t19-,23+,25+;11-,16+,17+/m11/s1.